The predicted octanol–water partition coefficient (Wildman–Crippen LogP) is 6.52. The van der Waals surface area contributed by atoms with Gasteiger partial charge in [-0.05, 0) is 76.1 Å². The van der Waals surface area contributed by atoms with Crippen LogP contribution in [0.4, 0.5) is 0 Å². The molecule has 0 bridgehead atoms. The topological polar surface area (TPSA) is 56.7 Å². The van der Waals surface area contributed by atoms with Crippen LogP contribution in [0.5, 0.6) is 17.4 Å². The van der Waals surface area contributed by atoms with Crippen LogP contribution >= 0.6 is 24.8 Å². The molecule has 4 rings (SSSR count). The number of unbranched alkanes of at least 4 members (excludes halogenated alkanes) is 1. The predicted molar refractivity (Wildman–Crippen MR) is 146 cm³/mol. The first kappa shape index (κ1) is 29.5. The molecular weight excluding hydrogens is 485 g/mol. The van der Waals surface area contributed by atoms with Crippen molar-refractivity contribution in [3.05, 3.63) is 30.0 Å². The third kappa shape index (κ3) is 8.12. The molecule has 196 valence electrons. The van der Waals surface area contributed by atoms with Crippen LogP contribution in [-0.2, 0) is 6.42 Å². The molecule has 2 fully saturated rings. The van der Waals surface area contributed by atoms with E-state index in [9.17, 15) is 0 Å². The normalized spacial score (nSPS) is 17.2. The summed E-state index contributed by atoms with van der Waals surface area (Å²) in [5.41, 5.74) is 3.15. The van der Waals surface area contributed by atoms with Crippen LogP contribution in [0, 0.1) is 0 Å². The van der Waals surface area contributed by atoms with Crippen molar-refractivity contribution >= 4 is 24.8 Å². The number of likely N-dealkylation sites (tertiary alicyclic amines) is 1. The number of methoxy groups -OCH3 is 1. The lowest BCUT2D eigenvalue weighted by Gasteiger charge is -2.29. The molecule has 1 aliphatic carbocycles. The lowest BCUT2D eigenvalue weighted by Crippen LogP contribution is -2.35. The molecule has 0 amide bonds. The van der Waals surface area contributed by atoms with E-state index in [1.54, 1.807) is 7.11 Å². The highest BCUT2D eigenvalue weighted by Gasteiger charge is 2.21. The van der Waals surface area contributed by atoms with E-state index < -0.39 is 0 Å². The Kier molecular flexibility index (Phi) is 12.4. The largest absolute Gasteiger partial charge is 0.493 e. The van der Waals surface area contributed by atoms with Crippen molar-refractivity contribution < 1.29 is 14.2 Å². The molecule has 0 atom stereocenters. The van der Waals surface area contributed by atoms with Crippen molar-refractivity contribution in [1.29, 1.82) is 0 Å². The fraction of sp³-hybridized carbons (Fsp3) is 0.630. The number of aromatic nitrogens is 2. The van der Waals surface area contributed by atoms with Crippen LogP contribution in [0.1, 0.15) is 70.4 Å². The van der Waals surface area contributed by atoms with Gasteiger partial charge in [-0.2, -0.15) is 5.10 Å². The highest BCUT2D eigenvalue weighted by Crippen LogP contribution is 2.36. The average Bonchev–Trinajstić information content (AvgIpc) is 2.85. The van der Waals surface area contributed by atoms with E-state index >= 15 is 0 Å². The van der Waals surface area contributed by atoms with E-state index in [-0.39, 0.29) is 37.0 Å². The van der Waals surface area contributed by atoms with Crippen molar-refractivity contribution in [1.82, 2.24) is 15.1 Å². The van der Waals surface area contributed by atoms with Gasteiger partial charge >= 0.3 is 0 Å². The zero-order chi connectivity index (χ0) is 23.0. The second kappa shape index (κ2) is 14.7. The van der Waals surface area contributed by atoms with E-state index in [0.29, 0.717) is 5.88 Å². The lowest BCUT2D eigenvalue weighted by atomic mass is 9.97. The molecule has 1 aliphatic heterocycles. The summed E-state index contributed by atoms with van der Waals surface area (Å²) in [6.07, 6.45) is 11.7. The summed E-state index contributed by atoms with van der Waals surface area (Å²) in [4.78, 5) is 2.34. The van der Waals surface area contributed by atoms with Crippen LogP contribution in [0.2, 0.25) is 0 Å². The molecular formula is C27H41Cl2N3O3. The van der Waals surface area contributed by atoms with Gasteiger partial charge in [-0.3, -0.25) is 0 Å². The van der Waals surface area contributed by atoms with E-state index in [2.05, 4.69) is 47.3 Å². The molecule has 0 radical (unpaired) electrons. The maximum Gasteiger partial charge on any atom is 0.234 e. The van der Waals surface area contributed by atoms with Gasteiger partial charge in [0, 0.05) is 24.7 Å². The smallest absolute Gasteiger partial charge is 0.234 e. The molecule has 6 nitrogen and oxygen atoms in total. The Hall–Kier alpha value is -1.76. The molecule has 2 aromatic rings. The van der Waals surface area contributed by atoms with E-state index in [0.717, 1.165) is 86.4 Å². The minimum atomic E-state index is 0. The highest BCUT2D eigenvalue weighted by molar-refractivity contribution is 5.85. The van der Waals surface area contributed by atoms with E-state index in [1.807, 2.05) is 6.07 Å². The van der Waals surface area contributed by atoms with Crippen molar-refractivity contribution in [2.24, 2.45) is 0 Å². The third-order valence-corrected chi connectivity index (χ3v) is 6.89. The minimum absolute atomic E-state index is 0. The lowest BCUT2D eigenvalue weighted by molar-refractivity contribution is 0.109. The van der Waals surface area contributed by atoms with Gasteiger partial charge in [0.15, 0.2) is 11.5 Å². The molecule has 2 heterocycles. The molecule has 0 N–H and O–H groups in total. The number of nitrogens with zero attached hydrogens (tertiary/aromatic N) is 3. The Balaban J connectivity index is 0.00000216. The standard InChI is InChI=1S/C27H39N3O3.2ClH/c1-4-5-11-24-23(19-27(29-28-24)33-22-14-16-30(2)17-15-22)20-12-13-25(26(18-20)31-3)32-21-9-7-6-8-10-21;;/h12-13,18-19,21-22H,4-11,14-17H2,1-3H3;2*1H. The summed E-state index contributed by atoms with van der Waals surface area (Å²) in [5.74, 6) is 2.21. The number of halogens is 2. The SMILES string of the molecule is CCCCc1nnc(OC2CCN(C)CC2)cc1-c1ccc(OC2CCCCC2)c(OC)c1.Cl.Cl. The zero-order valence-corrected chi connectivity index (χ0v) is 23.0. The Morgan fingerprint density at radius 3 is 2.29 bits per heavy atom. The summed E-state index contributed by atoms with van der Waals surface area (Å²) in [6.45, 7) is 4.31. The molecule has 35 heavy (non-hydrogen) atoms. The maximum absolute atomic E-state index is 6.31. The fourth-order valence-corrected chi connectivity index (χ4v) is 4.80. The second-order valence-corrected chi connectivity index (χ2v) is 9.51. The van der Waals surface area contributed by atoms with Gasteiger partial charge in [0.2, 0.25) is 5.88 Å². The first-order chi connectivity index (χ1) is 16.2. The van der Waals surface area contributed by atoms with Crippen LogP contribution in [-0.4, -0.2) is 54.6 Å². The van der Waals surface area contributed by atoms with E-state index in [1.165, 1.54) is 19.3 Å². The fourth-order valence-electron chi connectivity index (χ4n) is 4.80. The molecule has 0 unspecified atom stereocenters. The molecule has 1 aromatic carbocycles. The molecule has 1 saturated carbocycles. The van der Waals surface area contributed by atoms with Gasteiger partial charge in [-0.15, -0.1) is 29.9 Å². The van der Waals surface area contributed by atoms with Gasteiger partial charge in [-0.25, -0.2) is 0 Å². The number of hydrogen-bond acceptors (Lipinski definition) is 6. The first-order valence-corrected chi connectivity index (χ1v) is 12.7. The molecule has 0 spiro atoms. The van der Waals surface area contributed by atoms with Gasteiger partial charge in [0.05, 0.1) is 18.9 Å². The number of aryl methyl sites for hydroxylation is 1. The van der Waals surface area contributed by atoms with Crippen molar-refractivity contribution in [3.8, 4) is 28.5 Å². The quantitative estimate of drug-likeness (QED) is 0.371. The number of hydrogen-bond donors (Lipinski definition) is 0. The number of rotatable bonds is 9. The van der Waals surface area contributed by atoms with Crippen LogP contribution in [0.25, 0.3) is 11.1 Å². The Labute approximate surface area is 222 Å². The molecule has 1 aromatic heterocycles. The molecule has 1 saturated heterocycles. The number of piperidine rings is 1. The average molecular weight is 527 g/mol. The van der Waals surface area contributed by atoms with Crippen LogP contribution < -0.4 is 14.2 Å². The molecule has 8 heteroatoms. The second-order valence-electron chi connectivity index (χ2n) is 9.51. The minimum Gasteiger partial charge on any atom is -0.493 e. The monoisotopic (exact) mass is 525 g/mol. The van der Waals surface area contributed by atoms with Gasteiger partial charge in [0.1, 0.15) is 6.10 Å². The van der Waals surface area contributed by atoms with Crippen LogP contribution in [0.3, 0.4) is 0 Å². The Morgan fingerprint density at radius 1 is 0.886 bits per heavy atom. The van der Waals surface area contributed by atoms with Crippen LogP contribution in [0.15, 0.2) is 24.3 Å². The molecule has 2 aliphatic rings. The van der Waals surface area contributed by atoms with Gasteiger partial charge < -0.3 is 19.1 Å². The third-order valence-electron chi connectivity index (χ3n) is 6.89. The van der Waals surface area contributed by atoms with Crippen molar-refractivity contribution in [3.63, 3.8) is 0 Å². The van der Waals surface area contributed by atoms with Gasteiger partial charge in [-0.1, -0.05) is 25.8 Å². The van der Waals surface area contributed by atoms with Gasteiger partial charge in [0.25, 0.3) is 0 Å². The Bertz CT molecular complexity index is 901. The summed E-state index contributed by atoms with van der Waals surface area (Å²) < 4.78 is 18.3. The highest BCUT2D eigenvalue weighted by atomic mass is 35.5. The summed E-state index contributed by atoms with van der Waals surface area (Å²) in [6, 6.07) is 8.30. The number of ether oxygens (including phenoxy) is 3. The van der Waals surface area contributed by atoms with E-state index in [4.69, 9.17) is 14.2 Å². The zero-order valence-electron chi connectivity index (χ0n) is 21.3. The van der Waals surface area contributed by atoms with Crippen molar-refractivity contribution in [2.45, 2.75) is 83.3 Å². The summed E-state index contributed by atoms with van der Waals surface area (Å²) in [7, 11) is 3.87. The summed E-state index contributed by atoms with van der Waals surface area (Å²) in [5, 5.41) is 9.01. The van der Waals surface area contributed by atoms with Crippen molar-refractivity contribution in [2.75, 3.05) is 27.2 Å². The summed E-state index contributed by atoms with van der Waals surface area (Å²) >= 11 is 0. The Morgan fingerprint density at radius 2 is 1.60 bits per heavy atom. The first-order valence-electron chi connectivity index (χ1n) is 12.7. The maximum atomic E-state index is 6.31. The number of benzene rings is 1.